The molecule has 0 unspecified atom stereocenters. The molecular formula is C20H15F4N5. The van der Waals surface area contributed by atoms with Crippen LogP contribution in [0.15, 0.2) is 54.7 Å². The third kappa shape index (κ3) is 3.71. The van der Waals surface area contributed by atoms with Crippen LogP contribution >= 0.6 is 0 Å². The average Bonchev–Trinajstić information content (AvgIpc) is 2.96. The summed E-state index contributed by atoms with van der Waals surface area (Å²) in [6.07, 6.45) is -3.10. The average molecular weight is 401 g/mol. The van der Waals surface area contributed by atoms with E-state index in [1.165, 1.54) is 24.4 Å². The van der Waals surface area contributed by atoms with Gasteiger partial charge in [-0.25, -0.2) is 14.4 Å². The van der Waals surface area contributed by atoms with Crippen LogP contribution in [-0.4, -0.2) is 14.4 Å². The number of anilines is 3. The number of nitrogen functional groups attached to an aromatic ring is 1. The Morgan fingerprint density at radius 2 is 1.72 bits per heavy atom. The highest BCUT2D eigenvalue weighted by Crippen LogP contribution is 2.31. The molecule has 3 heterocycles. The molecule has 29 heavy (non-hydrogen) atoms. The molecule has 0 aliphatic carbocycles. The fourth-order valence-electron chi connectivity index (χ4n) is 3.07. The Kier molecular flexibility index (Phi) is 4.37. The van der Waals surface area contributed by atoms with Crippen LogP contribution in [0.1, 0.15) is 11.3 Å². The fraction of sp³-hybridized carbons (Fsp3) is 0.100. The zero-order valence-electron chi connectivity index (χ0n) is 15.1. The molecule has 0 aliphatic rings. The van der Waals surface area contributed by atoms with Crippen molar-refractivity contribution in [3.8, 4) is 11.4 Å². The van der Waals surface area contributed by atoms with Crippen molar-refractivity contribution in [2.45, 2.75) is 13.1 Å². The predicted molar refractivity (Wildman–Crippen MR) is 102 cm³/mol. The van der Waals surface area contributed by atoms with Crippen molar-refractivity contribution in [2.24, 2.45) is 0 Å². The van der Waals surface area contributed by atoms with Crippen molar-refractivity contribution in [1.82, 2.24) is 14.4 Å². The van der Waals surface area contributed by atoms with Crippen molar-refractivity contribution in [2.75, 3.05) is 11.1 Å². The number of rotatable bonds is 3. The number of nitrogens with zero attached hydrogens (tertiary/aromatic N) is 3. The Bertz CT molecular complexity index is 1200. The number of halogens is 4. The summed E-state index contributed by atoms with van der Waals surface area (Å²) in [6, 6.07) is 10.6. The summed E-state index contributed by atoms with van der Waals surface area (Å²) < 4.78 is 53.5. The third-order valence-corrected chi connectivity index (χ3v) is 4.33. The highest BCUT2D eigenvalue weighted by atomic mass is 19.4. The standard InChI is InChI=1S/C20H15F4N5/c1-11-19(29-10-13(21)4-7-18(29)26-11)16-8-14(25)9-17(28-16)27-15-5-2-12(3-6-15)20(22,23)24/h2-10H,1H3,(H3,25,27,28). The first-order valence-corrected chi connectivity index (χ1v) is 8.57. The molecule has 0 aliphatic heterocycles. The van der Waals surface area contributed by atoms with E-state index in [0.29, 0.717) is 39.9 Å². The quantitative estimate of drug-likeness (QED) is 0.464. The van der Waals surface area contributed by atoms with E-state index in [2.05, 4.69) is 15.3 Å². The Labute approximate surface area is 162 Å². The molecule has 1 aromatic carbocycles. The zero-order valence-corrected chi connectivity index (χ0v) is 15.1. The topological polar surface area (TPSA) is 68.2 Å². The second kappa shape index (κ2) is 6.77. The molecule has 9 heteroatoms. The van der Waals surface area contributed by atoms with Gasteiger partial charge in [-0.05, 0) is 49.4 Å². The lowest BCUT2D eigenvalue weighted by Crippen LogP contribution is -2.04. The van der Waals surface area contributed by atoms with E-state index in [-0.39, 0.29) is 0 Å². The number of aryl methyl sites for hydroxylation is 1. The molecule has 4 aromatic rings. The highest BCUT2D eigenvalue weighted by Gasteiger charge is 2.29. The second-order valence-corrected chi connectivity index (χ2v) is 6.49. The molecule has 0 fully saturated rings. The molecule has 0 spiro atoms. The van der Waals surface area contributed by atoms with Crippen LogP contribution in [0.3, 0.4) is 0 Å². The maximum Gasteiger partial charge on any atom is 0.416 e. The molecule has 5 nitrogen and oxygen atoms in total. The maximum atomic E-state index is 13.7. The Morgan fingerprint density at radius 3 is 2.41 bits per heavy atom. The fourth-order valence-corrected chi connectivity index (χ4v) is 3.07. The van der Waals surface area contributed by atoms with Gasteiger partial charge in [0, 0.05) is 23.6 Å². The molecule has 0 bridgehead atoms. The number of alkyl halides is 3. The first-order valence-electron chi connectivity index (χ1n) is 8.57. The summed E-state index contributed by atoms with van der Waals surface area (Å²) in [5, 5.41) is 2.94. The normalized spacial score (nSPS) is 11.8. The Hall–Kier alpha value is -3.62. The van der Waals surface area contributed by atoms with Gasteiger partial charge in [-0.1, -0.05) is 0 Å². The number of hydrogen-bond donors (Lipinski definition) is 2. The minimum Gasteiger partial charge on any atom is -0.399 e. The van der Waals surface area contributed by atoms with Crippen molar-refractivity contribution >= 4 is 22.8 Å². The molecule has 0 radical (unpaired) electrons. The summed E-state index contributed by atoms with van der Waals surface area (Å²) >= 11 is 0. The van der Waals surface area contributed by atoms with E-state index in [0.717, 1.165) is 12.1 Å². The van der Waals surface area contributed by atoms with Crippen molar-refractivity contribution < 1.29 is 17.6 Å². The molecule has 148 valence electrons. The molecule has 3 N–H and O–H groups in total. The van der Waals surface area contributed by atoms with Gasteiger partial charge in [-0.15, -0.1) is 0 Å². The smallest absolute Gasteiger partial charge is 0.399 e. The summed E-state index contributed by atoms with van der Waals surface area (Å²) in [5.74, 6) is -0.0892. The predicted octanol–water partition coefficient (Wildman–Crippen LogP) is 5.19. The number of nitrogens with two attached hydrogens (primary N) is 1. The van der Waals surface area contributed by atoms with Crippen LogP contribution in [0.5, 0.6) is 0 Å². The van der Waals surface area contributed by atoms with Gasteiger partial charge in [-0.3, -0.25) is 4.40 Å². The molecule has 0 atom stereocenters. The lowest BCUT2D eigenvalue weighted by atomic mass is 10.2. The number of imidazole rings is 1. The summed E-state index contributed by atoms with van der Waals surface area (Å²) in [4.78, 5) is 8.88. The number of hydrogen-bond acceptors (Lipinski definition) is 4. The van der Waals surface area contributed by atoms with Gasteiger partial charge in [-0.2, -0.15) is 13.2 Å². The first kappa shape index (κ1) is 18.7. The maximum absolute atomic E-state index is 13.7. The Morgan fingerprint density at radius 1 is 1.00 bits per heavy atom. The van der Waals surface area contributed by atoms with E-state index in [4.69, 9.17) is 5.73 Å². The van der Waals surface area contributed by atoms with Gasteiger partial charge in [0.05, 0.1) is 22.6 Å². The number of fused-ring (bicyclic) bond motifs is 1. The SMILES string of the molecule is Cc1nc2ccc(F)cn2c1-c1cc(N)cc(Nc2ccc(C(F)(F)F)cc2)n1. The van der Waals surface area contributed by atoms with Crippen molar-refractivity contribution in [1.29, 1.82) is 0 Å². The monoisotopic (exact) mass is 401 g/mol. The largest absolute Gasteiger partial charge is 0.416 e. The van der Waals surface area contributed by atoms with Gasteiger partial charge < -0.3 is 11.1 Å². The molecule has 0 saturated carbocycles. The lowest BCUT2D eigenvalue weighted by molar-refractivity contribution is -0.137. The lowest BCUT2D eigenvalue weighted by Gasteiger charge is -2.11. The summed E-state index contributed by atoms with van der Waals surface area (Å²) in [5.41, 5.74) is 8.27. The van der Waals surface area contributed by atoms with Gasteiger partial charge in [0.25, 0.3) is 0 Å². The second-order valence-electron chi connectivity index (χ2n) is 6.49. The van der Waals surface area contributed by atoms with Gasteiger partial charge in [0.1, 0.15) is 17.3 Å². The minimum absolute atomic E-state index is 0.338. The van der Waals surface area contributed by atoms with Crippen LogP contribution < -0.4 is 11.1 Å². The van der Waals surface area contributed by atoms with Crippen LogP contribution in [-0.2, 0) is 6.18 Å². The Balaban J connectivity index is 1.72. The highest BCUT2D eigenvalue weighted by molar-refractivity contribution is 5.71. The van der Waals surface area contributed by atoms with Gasteiger partial charge >= 0.3 is 6.18 Å². The molecule has 0 amide bonds. The van der Waals surface area contributed by atoms with Crippen molar-refractivity contribution in [3.05, 3.63) is 71.8 Å². The summed E-state index contributed by atoms with van der Waals surface area (Å²) in [6.45, 7) is 1.77. The van der Waals surface area contributed by atoms with E-state index in [1.54, 1.807) is 29.5 Å². The number of benzene rings is 1. The summed E-state index contributed by atoms with van der Waals surface area (Å²) in [7, 11) is 0. The number of nitrogens with one attached hydrogen (secondary N) is 1. The van der Waals surface area contributed by atoms with Crippen LogP contribution in [0.2, 0.25) is 0 Å². The van der Waals surface area contributed by atoms with E-state index in [1.807, 2.05) is 0 Å². The minimum atomic E-state index is -4.41. The first-order chi connectivity index (χ1) is 13.7. The molecule has 0 saturated heterocycles. The molecule has 4 rings (SSSR count). The van der Waals surface area contributed by atoms with Crippen LogP contribution in [0, 0.1) is 12.7 Å². The third-order valence-electron chi connectivity index (χ3n) is 4.33. The van der Waals surface area contributed by atoms with Crippen LogP contribution in [0.4, 0.5) is 34.8 Å². The molecule has 3 aromatic heterocycles. The van der Waals surface area contributed by atoms with Crippen molar-refractivity contribution in [3.63, 3.8) is 0 Å². The van der Waals surface area contributed by atoms with Gasteiger partial charge in [0.2, 0.25) is 0 Å². The zero-order chi connectivity index (χ0) is 20.8. The van der Waals surface area contributed by atoms with Gasteiger partial charge in [0.15, 0.2) is 0 Å². The molecular weight excluding hydrogens is 386 g/mol. The van der Waals surface area contributed by atoms with E-state index >= 15 is 0 Å². The number of aromatic nitrogens is 3. The number of pyridine rings is 2. The van der Waals surface area contributed by atoms with Crippen LogP contribution in [0.25, 0.3) is 17.0 Å². The van der Waals surface area contributed by atoms with E-state index < -0.39 is 17.6 Å². The van der Waals surface area contributed by atoms with E-state index in [9.17, 15) is 17.6 Å².